The average molecular weight is 915 g/mol. The van der Waals surface area contributed by atoms with Crippen molar-refractivity contribution in [1.29, 1.82) is 0 Å². The van der Waals surface area contributed by atoms with Crippen LogP contribution >= 0.6 is 102 Å². The van der Waals surface area contributed by atoms with Crippen LogP contribution in [0.4, 0.5) is 0 Å². The van der Waals surface area contributed by atoms with Crippen LogP contribution in [0.1, 0.15) is 45.6 Å². The highest BCUT2D eigenvalue weighted by atomic mass is 32.1. The lowest BCUT2D eigenvalue weighted by molar-refractivity contribution is 1.31. The Hall–Kier alpha value is -4.80. The van der Waals surface area contributed by atoms with Crippen molar-refractivity contribution in [3.8, 4) is 0 Å². The van der Waals surface area contributed by atoms with Gasteiger partial charge in [-0.3, -0.25) is 0 Å². The molecule has 0 fully saturated rings. The van der Waals surface area contributed by atoms with Gasteiger partial charge in [0, 0.05) is 67.2 Å². The number of nitrogens with zero attached hydrogens (tertiary/aromatic N) is 4. The summed E-state index contributed by atoms with van der Waals surface area (Å²) in [6.07, 6.45) is 17.3. The quantitative estimate of drug-likeness (QED) is 0.152. The molecule has 0 spiro atoms. The van der Waals surface area contributed by atoms with Gasteiger partial charge in [-0.25, -0.2) is 19.9 Å². The predicted molar refractivity (Wildman–Crippen MR) is 271 cm³/mol. The second-order valence-electron chi connectivity index (χ2n) is 14.6. The second kappa shape index (κ2) is 11.9. The number of rotatable bonds is 0. The van der Waals surface area contributed by atoms with Crippen molar-refractivity contribution in [3.05, 3.63) is 106 Å². The van der Waals surface area contributed by atoms with Gasteiger partial charge in [0.15, 0.2) is 0 Å². The van der Waals surface area contributed by atoms with Crippen LogP contribution in [-0.2, 0) is 0 Å². The summed E-state index contributed by atoms with van der Waals surface area (Å²) in [5, 5.41) is 2.15. The highest BCUT2D eigenvalue weighted by Crippen LogP contribution is 2.49. The number of aromatic nitrogens is 4. The first-order valence-corrected chi connectivity index (χ1v) is 26.0. The van der Waals surface area contributed by atoms with Crippen LogP contribution in [0.5, 0.6) is 0 Å². The van der Waals surface area contributed by atoms with Gasteiger partial charge in [0.05, 0.1) is 73.8 Å². The van der Waals surface area contributed by atoms with Gasteiger partial charge in [-0.1, -0.05) is 0 Å². The minimum Gasteiger partial charge on any atom is -0.248 e. The van der Waals surface area contributed by atoms with Crippen molar-refractivity contribution < 1.29 is 0 Å². The van der Waals surface area contributed by atoms with Crippen LogP contribution in [0.25, 0.3) is 144 Å². The molecule has 15 heterocycles. The molecule has 0 saturated carbocycles. The van der Waals surface area contributed by atoms with Crippen LogP contribution in [-0.4, -0.2) is 19.9 Å². The zero-order chi connectivity index (χ0) is 38.1. The predicted octanol–water partition coefficient (Wildman–Crippen LogP) is 17.2. The molecule has 11 aromatic rings. The minimum atomic E-state index is 0.949. The maximum Gasteiger partial charge on any atom is 0.0746 e. The van der Waals surface area contributed by atoms with Gasteiger partial charge in [0.25, 0.3) is 0 Å². The highest BCUT2D eigenvalue weighted by Gasteiger charge is 2.19. The zero-order valence-electron chi connectivity index (χ0n) is 29.9. The molecule has 4 aliphatic rings. The third-order valence-corrected chi connectivity index (χ3v) is 22.0. The Kier molecular flexibility index (Phi) is 6.67. The first kappa shape index (κ1) is 33.0. The van der Waals surface area contributed by atoms with Crippen molar-refractivity contribution in [2.24, 2.45) is 0 Å². The van der Waals surface area contributed by atoms with Crippen molar-refractivity contribution in [1.82, 2.24) is 19.9 Å². The number of thiophene rings is 9. The Bertz CT molecular complexity index is 3740. The first-order chi connectivity index (χ1) is 29.0. The fourth-order valence-corrected chi connectivity index (χ4v) is 20.4. The Morgan fingerprint density at radius 3 is 0.814 bits per heavy atom. The second-order valence-corrected chi connectivity index (χ2v) is 24.3. The van der Waals surface area contributed by atoms with E-state index in [1.165, 1.54) is 84.6 Å². The SMILES string of the molecule is C1=Cc2nc1cc1cc3sc4cc(cc5nc(c6c7nc(cc8cc9sc%10cc(cc%11nc(c2c2cc%12sc%13cc6sc%13c%12s2)C=C%11)sc%10c9s8)C=C7)C=C5)sc4c3s1. The number of hydrogen-bond donors (Lipinski definition) is 0. The topological polar surface area (TPSA) is 51.6 Å². The van der Waals surface area contributed by atoms with Crippen LogP contribution in [0, 0.1) is 0 Å². The van der Waals surface area contributed by atoms with E-state index in [1.54, 1.807) is 0 Å². The van der Waals surface area contributed by atoms with Gasteiger partial charge in [-0.15, -0.1) is 102 Å². The molecule has 276 valence electrons. The monoisotopic (exact) mass is 914 g/mol. The average Bonchev–Trinajstić information content (AvgIpc) is 4.03. The summed E-state index contributed by atoms with van der Waals surface area (Å²) >= 11 is 16.7. The van der Waals surface area contributed by atoms with Crippen molar-refractivity contribution >= 4 is 246 Å². The summed E-state index contributed by atoms with van der Waals surface area (Å²) in [7, 11) is 0. The van der Waals surface area contributed by atoms with E-state index in [9.17, 15) is 0 Å². The van der Waals surface area contributed by atoms with Gasteiger partial charge >= 0.3 is 0 Å². The van der Waals surface area contributed by atoms with E-state index >= 15 is 0 Å². The minimum absolute atomic E-state index is 0.949. The van der Waals surface area contributed by atoms with Crippen molar-refractivity contribution in [2.45, 2.75) is 0 Å². The van der Waals surface area contributed by atoms with Crippen LogP contribution in [0.2, 0.25) is 0 Å². The van der Waals surface area contributed by atoms with E-state index in [1.807, 2.05) is 102 Å². The van der Waals surface area contributed by atoms with E-state index < -0.39 is 0 Å². The zero-order valence-corrected chi connectivity index (χ0v) is 37.2. The van der Waals surface area contributed by atoms with E-state index in [4.69, 9.17) is 19.9 Å². The maximum absolute atomic E-state index is 5.30. The van der Waals surface area contributed by atoms with Crippen LogP contribution in [0.15, 0.2) is 60.7 Å². The molecule has 4 aliphatic heterocycles. The smallest absolute Gasteiger partial charge is 0.0746 e. The van der Waals surface area contributed by atoms with Crippen molar-refractivity contribution in [2.75, 3.05) is 0 Å². The van der Waals surface area contributed by atoms with Gasteiger partial charge in [0.1, 0.15) is 0 Å². The first-order valence-electron chi connectivity index (χ1n) is 18.6. The standard InChI is InChI=1S/C46H18N4S9/c1-5-27-39-28-6-2-20(48-28)10-24-15-35-43(53-24)44-36(56-35)16-26(54-44)12-22-4-8-30(50-22)40(32-18-38-46(59-32)45-37(57-38)17-31(39)58-45)29-7-3-21(49-29)11-25-14-34-42(52-25)41-33(55-34)13-23(51-41)9-19(1)47-27/h1-18H. The van der Waals surface area contributed by atoms with Crippen LogP contribution < -0.4 is 0 Å². The lowest BCUT2D eigenvalue weighted by Gasteiger charge is -1.94. The third-order valence-electron chi connectivity index (χ3n) is 10.9. The molecule has 0 unspecified atom stereocenters. The Balaban J connectivity index is 1.14. The molecular formula is C46H18N4S9. The van der Waals surface area contributed by atoms with Gasteiger partial charge < -0.3 is 0 Å². The summed E-state index contributed by atoms with van der Waals surface area (Å²) in [6.45, 7) is 0. The van der Waals surface area contributed by atoms with Gasteiger partial charge in [0.2, 0.25) is 0 Å². The molecule has 0 radical (unpaired) electrons. The maximum atomic E-state index is 5.30. The van der Waals surface area contributed by atoms with Crippen molar-refractivity contribution in [3.63, 3.8) is 0 Å². The van der Waals surface area contributed by atoms with E-state index in [0.717, 1.165) is 56.3 Å². The highest BCUT2D eigenvalue weighted by molar-refractivity contribution is 7.43. The molecule has 0 saturated heterocycles. The Morgan fingerprint density at radius 2 is 0.508 bits per heavy atom. The van der Waals surface area contributed by atoms with E-state index in [-0.39, 0.29) is 0 Å². The molecule has 22 bridgehead atoms. The molecule has 15 rings (SSSR count). The fourth-order valence-electron chi connectivity index (χ4n) is 8.35. The molecule has 0 aliphatic carbocycles. The lowest BCUT2D eigenvalue weighted by Crippen LogP contribution is -1.81. The normalized spacial score (nSPS) is 13.8. The fraction of sp³-hybridized carbons (Fsp3) is 0. The molecular weight excluding hydrogens is 897 g/mol. The molecule has 11 aromatic heterocycles. The van der Waals surface area contributed by atoms with Crippen LogP contribution in [0.3, 0.4) is 0 Å². The molecule has 59 heavy (non-hydrogen) atoms. The lowest BCUT2D eigenvalue weighted by atomic mass is 10.2. The number of fused-ring (bicyclic) bond motifs is 16. The van der Waals surface area contributed by atoms with E-state index in [2.05, 4.69) is 109 Å². The molecule has 0 atom stereocenters. The third kappa shape index (κ3) is 4.99. The molecule has 0 aromatic carbocycles. The summed E-state index contributed by atoms with van der Waals surface area (Å²) < 4.78 is 23.1. The van der Waals surface area contributed by atoms with E-state index in [0.29, 0.717) is 0 Å². The number of hydrogen-bond acceptors (Lipinski definition) is 13. The molecule has 0 amide bonds. The summed E-state index contributed by atoms with van der Waals surface area (Å²) in [6, 6.07) is 23.0. The van der Waals surface area contributed by atoms with Gasteiger partial charge in [-0.05, 0) is 109 Å². The largest absolute Gasteiger partial charge is 0.248 e. The summed E-state index contributed by atoms with van der Waals surface area (Å²) in [5.41, 5.74) is 7.65. The summed E-state index contributed by atoms with van der Waals surface area (Å²) in [4.78, 5) is 21.2. The Labute approximate surface area is 368 Å². The molecule has 13 heteroatoms. The molecule has 0 N–H and O–H groups in total. The summed E-state index contributed by atoms with van der Waals surface area (Å²) in [5.74, 6) is 0. The van der Waals surface area contributed by atoms with Gasteiger partial charge in [-0.2, -0.15) is 0 Å². The Morgan fingerprint density at radius 1 is 0.237 bits per heavy atom. The molecule has 4 nitrogen and oxygen atoms in total.